The molecule has 2 atom stereocenters. The van der Waals surface area contributed by atoms with Crippen molar-refractivity contribution < 1.29 is 13.2 Å². The van der Waals surface area contributed by atoms with E-state index in [1.54, 1.807) is 25.3 Å². The lowest BCUT2D eigenvalue weighted by Crippen LogP contribution is -2.54. The Kier molecular flexibility index (Phi) is 6.41. The molecule has 2 unspecified atom stereocenters. The van der Waals surface area contributed by atoms with Crippen molar-refractivity contribution >= 4 is 37.9 Å². The van der Waals surface area contributed by atoms with E-state index in [4.69, 9.17) is 4.74 Å². The minimum Gasteiger partial charge on any atom is -0.495 e. The van der Waals surface area contributed by atoms with Crippen LogP contribution >= 0.6 is 0 Å². The molecule has 1 saturated heterocycles. The molecule has 3 aromatic rings. The number of anilines is 3. The summed E-state index contributed by atoms with van der Waals surface area (Å²) in [5.74, 6) is 0.722. The fourth-order valence-corrected chi connectivity index (χ4v) is 5.90. The second-order valence-electron chi connectivity index (χ2n) is 8.89. The first kappa shape index (κ1) is 23.2. The Hall–Kier alpha value is -2.97. The van der Waals surface area contributed by atoms with Crippen molar-refractivity contribution in [2.75, 3.05) is 48.8 Å². The first-order valence-electron chi connectivity index (χ1n) is 11.1. The molecule has 0 bridgehead atoms. The third kappa shape index (κ3) is 4.72. The SMILES string of the molecule is COc1ccc(NS(=O)(=O)c2cccc3c(N(C)C)cccc23)cc1N1CC(C)NC(C)C1. The minimum absolute atomic E-state index is 0.255. The van der Waals surface area contributed by atoms with Gasteiger partial charge in [-0.25, -0.2) is 8.42 Å². The molecule has 1 aliphatic heterocycles. The molecule has 2 N–H and O–H groups in total. The number of sulfonamides is 1. The molecule has 0 saturated carbocycles. The molecule has 7 nitrogen and oxygen atoms in total. The van der Waals surface area contributed by atoms with E-state index in [9.17, 15) is 8.42 Å². The Morgan fingerprint density at radius 1 is 1.00 bits per heavy atom. The van der Waals surface area contributed by atoms with Gasteiger partial charge in [-0.05, 0) is 44.2 Å². The van der Waals surface area contributed by atoms with Crippen LogP contribution in [0.3, 0.4) is 0 Å². The molecule has 4 rings (SSSR count). The molecule has 8 heteroatoms. The maximum absolute atomic E-state index is 13.5. The summed E-state index contributed by atoms with van der Waals surface area (Å²) in [7, 11) is 1.72. The van der Waals surface area contributed by atoms with Gasteiger partial charge < -0.3 is 19.9 Å². The summed E-state index contributed by atoms with van der Waals surface area (Å²) >= 11 is 0. The highest BCUT2D eigenvalue weighted by molar-refractivity contribution is 7.93. The fourth-order valence-electron chi connectivity index (χ4n) is 4.62. The number of ether oxygens (including phenoxy) is 1. The van der Waals surface area contributed by atoms with Gasteiger partial charge in [0.15, 0.2) is 0 Å². The fraction of sp³-hybridized carbons (Fsp3) is 0.360. The zero-order valence-electron chi connectivity index (χ0n) is 19.8. The Bertz CT molecular complexity index is 1250. The van der Waals surface area contributed by atoms with Crippen LogP contribution in [-0.4, -0.2) is 54.8 Å². The molecule has 3 aromatic carbocycles. The van der Waals surface area contributed by atoms with Crippen LogP contribution in [0.2, 0.25) is 0 Å². The summed E-state index contributed by atoms with van der Waals surface area (Å²) in [5, 5.41) is 5.11. The normalized spacial score (nSPS) is 18.9. The average molecular weight is 469 g/mol. The quantitative estimate of drug-likeness (QED) is 0.572. The van der Waals surface area contributed by atoms with E-state index < -0.39 is 10.0 Å². The van der Waals surface area contributed by atoms with Gasteiger partial charge in [0.1, 0.15) is 5.75 Å². The standard InChI is InChI=1S/C25H32N4O3S/c1-17-15-29(16-18(2)26-17)23-14-19(12-13-24(23)32-5)27-33(30,31)25-11-7-8-20-21(25)9-6-10-22(20)28(3)4/h6-14,17-18,26-27H,15-16H2,1-5H3. The van der Waals surface area contributed by atoms with Crippen molar-refractivity contribution in [2.24, 2.45) is 0 Å². The lowest BCUT2D eigenvalue weighted by atomic mass is 10.1. The average Bonchev–Trinajstić information content (AvgIpc) is 2.77. The molecule has 176 valence electrons. The Morgan fingerprint density at radius 3 is 2.33 bits per heavy atom. The van der Waals surface area contributed by atoms with Crippen LogP contribution in [0.1, 0.15) is 13.8 Å². The maximum Gasteiger partial charge on any atom is 0.262 e. The molecule has 0 aromatic heterocycles. The molecule has 0 radical (unpaired) electrons. The Morgan fingerprint density at radius 2 is 1.67 bits per heavy atom. The van der Waals surface area contributed by atoms with Crippen molar-refractivity contribution in [2.45, 2.75) is 30.8 Å². The van der Waals surface area contributed by atoms with E-state index in [-0.39, 0.29) is 4.90 Å². The van der Waals surface area contributed by atoms with Gasteiger partial charge in [0.25, 0.3) is 10.0 Å². The van der Waals surface area contributed by atoms with Crippen molar-refractivity contribution in [1.29, 1.82) is 0 Å². The first-order valence-corrected chi connectivity index (χ1v) is 12.6. The van der Waals surface area contributed by atoms with Gasteiger partial charge in [0.2, 0.25) is 0 Å². The van der Waals surface area contributed by atoms with Gasteiger partial charge in [-0.15, -0.1) is 0 Å². The summed E-state index contributed by atoms with van der Waals surface area (Å²) in [6.07, 6.45) is 0. The van der Waals surface area contributed by atoms with Crippen LogP contribution in [0.25, 0.3) is 10.8 Å². The van der Waals surface area contributed by atoms with E-state index in [0.717, 1.165) is 35.6 Å². The molecular formula is C25H32N4O3S. The molecule has 1 aliphatic rings. The van der Waals surface area contributed by atoms with Crippen molar-refractivity contribution in [3.63, 3.8) is 0 Å². The lowest BCUT2D eigenvalue weighted by molar-refractivity contribution is 0.391. The predicted octanol–water partition coefficient (Wildman–Crippen LogP) is 3.90. The number of hydrogen-bond donors (Lipinski definition) is 2. The summed E-state index contributed by atoms with van der Waals surface area (Å²) in [5.41, 5.74) is 2.36. The summed E-state index contributed by atoms with van der Waals surface area (Å²) in [6, 6.07) is 17.1. The number of nitrogens with one attached hydrogen (secondary N) is 2. The van der Waals surface area contributed by atoms with Crippen molar-refractivity contribution in [3.8, 4) is 5.75 Å². The van der Waals surface area contributed by atoms with Gasteiger partial charge in [-0.1, -0.05) is 24.3 Å². The third-order valence-electron chi connectivity index (χ3n) is 5.96. The van der Waals surface area contributed by atoms with E-state index >= 15 is 0 Å². The van der Waals surface area contributed by atoms with Gasteiger partial charge in [0, 0.05) is 55.7 Å². The van der Waals surface area contributed by atoms with Crippen molar-refractivity contribution in [1.82, 2.24) is 5.32 Å². The molecule has 1 fully saturated rings. The highest BCUT2D eigenvalue weighted by Gasteiger charge is 2.25. The maximum atomic E-state index is 13.5. The number of methoxy groups -OCH3 is 1. The largest absolute Gasteiger partial charge is 0.495 e. The monoisotopic (exact) mass is 468 g/mol. The summed E-state index contributed by atoms with van der Waals surface area (Å²) in [6.45, 7) is 5.91. The molecule has 0 amide bonds. The van der Waals surface area contributed by atoms with Crippen LogP contribution in [0.5, 0.6) is 5.75 Å². The van der Waals surface area contributed by atoms with Gasteiger partial charge in [0.05, 0.1) is 23.4 Å². The predicted molar refractivity (Wildman–Crippen MR) is 136 cm³/mol. The summed E-state index contributed by atoms with van der Waals surface area (Å²) in [4.78, 5) is 4.48. The molecular weight excluding hydrogens is 436 g/mol. The zero-order valence-corrected chi connectivity index (χ0v) is 20.6. The number of benzene rings is 3. The highest BCUT2D eigenvalue weighted by Crippen LogP contribution is 2.35. The zero-order chi connectivity index (χ0) is 23.8. The first-order chi connectivity index (χ1) is 15.7. The third-order valence-corrected chi connectivity index (χ3v) is 7.40. The van der Waals surface area contributed by atoms with E-state index in [1.165, 1.54) is 0 Å². The molecule has 33 heavy (non-hydrogen) atoms. The Labute approximate surface area is 196 Å². The molecule has 0 aliphatic carbocycles. The van der Waals surface area contributed by atoms with Gasteiger partial charge in [-0.3, -0.25) is 4.72 Å². The number of piperazine rings is 1. The highest BCUT2D eigenvalue weighted by atomic mass is 32.2. The topological polar surface area (TPSA) is 73.9 Å². The second-order valence-corrected chi connectivity index (χ2v) is 10.5. The van der Waals surface area contributed by atoms with Crippen LogP contribution in [0, 0.1) is 0 Å². The van der Waals surface area contributed by atoms with Crippen molar-refractivity contribution in [3.05, 3.63) is 54.6 Å². The number of nitrogens with zero attached hydrogens (tertiary/aromatic N) is 2. The number of rotatable bonds is 6. The second kappa shape index (κ2) is 9.11. The summed E-state index contributed by atoms with van der Waals surface area (Å²) < 4.78 is 35.3. The van der Waals surface area contributed by atoms with Gasteiger partial charge >= 0.3 is 0 Å². The van der Waals surface area contributed by atoms with Crippen LogP contribution in [-0.2, 0) is 10.0 Å². The molecule has 0 spiro atoms. The van der Waals surface area contributed by atoms with E-state index in [1.807, 2.05) is 55.4 Å². The molecule has 1 heterocycles. The number of hydrogen-bond acceptors (Lipinski definition) is 6. The van der Waals surface area contributed by atoms with Crippen LogP contribution < -0.4 is 24.6 Å². The van der Waals surface area contributed by atoms with E-state index in [2.05, 4.69) is 28.8 Å². The lowest BCUT2D eigenvalue weighted by Gasteiger charge is -2.38. The number of fused-ring (bicyclic) bond motifs is 1. The van der Waals surface area contributed by atoms with E-state index in [0.29, 0.717) is 23.2 Å². The van der Waals surface area contributed by atoms with Crippen LogP contribution in [0.4, 0.5) is 17.1 Å². The smallest absolute Gasteiger partial charge is 0.262 e. The van der Waals surface area contributed by atoms with Gasteiger partial charge in [-0.2, -0.15) is 0 Å². The Balaban J connectivity index is 1.71. The minimum atomic E-state index is -3.81. The van der Waals surface area contributed by atoms with Crippen LogP contribution in [0.15, 0.2) is 59.5 Å².